The third-order valence-electron chi connectivity index (χ3n) is 5.25. The lowest BCUT2D eigenvalue weighted by molar-refractivity contribution is 0.00805. The predicted octanol–water partition coefficient (Wildman–Crippen LogP) is 2.57. The summed E-state index contributed by atoms with van der Waals surface area (Å²) >= 11 is 0. The molecule has 136 valence electrons. The summed E-state index contributed by atoms with van der Waals surface area (Å²) in [5.41, 5.74) is 0.915. The van der Waals surface area contributed by atoms with E-state index in [-0.39, 0.29) is 34.3 Å². The third-order valence-corrected chi connectivity index (χ3v) is 6.99. The van der Waals surface area contributed by atoms with Gasteiger partial charge in [-0.3, -0.25) is 4.79 Å². The molecule has 0 spiro atoms. The van der Waals surface area contributed by atoms with Crippen LogP contribution in [-0.4, -0.2) is 33.1 Å². The van der Waals surface area contributed by atoms with Gasteiger partial charge in [0.2, 0.25) is 0 Å². The molecular weight excluding hydrogens is 350 g/mol. The van der Waals surface area contributed by atoms with Gasteiger partial charge in [0.25, 0.3) is 5.91 Å². The highest BCUT2D eigenvalue weighted by Crippen LogP contribution is 2.38. The first-order chi connectivity index (χ1) is 12.5. The van der Waals surface area contributed by atoms with Gasteiger partial charge >= 0.3 is 0 Å². The van der Waals surface area contributed by atoms with Crippen molar-refractivity contribution in [2.45, 2.75) is 35.6 Å². The molecule has 2 aliphatic rings. The summed E-state index contributed by atoms with van der Waals surface area (Å²) in [7, 11) is -3.62. The molecule has 2 aromatic rings. The first-order valence-electron chi connectivity index (χ1n) is 8.83. The molecule has 5 nitrogen and oxygen atoms in total. The molecule has 1 N–H and O–H groups in total. The van der Waals surface area contributed by atoms with E-state index in [9.17, 15) is 13.2 Å². The first-order valence-corrected chi connectivity index (χ1v) is 10.5. The van der Waals surface area contributed by atoms with Crippen molar-refractivity contribution < 1.29 is 17.9 Å². The summed E-state index contributed by atoms with van der Waals surface area (Å²) in [4.78, 5) is 12.8. The molecular formula is C20H21NO4S. The Labute approximate surface area is 153 Å². The Bertz CT molecular complexity index is 910. The van der Waals surface area contributed by atoms with Crippen LogP contribution in [0.4, 0.5) is 0 Å². The summed E-state index contributed by atoms with van der Waals surface area (Å²) < 4.78 is 31.3. The van der Waals surface area contributed by atoms with Crippen molar-refractivity contribution in [3.63, 3.8) is 0 Å². The molecule has 2 aromatic carbocycles. The molecule has 0 bridgehead atoms. The van der Waals surface area contributed by atoms with Gasteiger partial charge < -0.3 is 10.1 Å². The van der Waals surface area contributed by atoms with Gasteiger partial charge in [0, 0.05) is 18.6 Å². The van der Waals surface area contributed by atoms with Crippen LogP contribution in [0, 0.1) is 5.92 Å². The van der Waals surface area contributed by atoms with Crippen LogP contribution in [0.15, 0.2) is 59.5 Å². The van der Waals surface area contributed by atoms with Crippen LogP contribution in [0.5, 0.6) is 0 Å². The molecule has 1 aliphatic carbocycles. The van der Waals surface area contributed by atoms with Crippen molar-refractivity contribution in [2.75, 3.05) is 6.61 Å². The number of benzene rings is 2. The van der Waals surface area contributed by atoms with Crippen LogP contribution in [0.25, 0.3) is 0 Å². The Morgan fingerprint density at radius 1 is 1.08 bits per heavy atom. The van der Waals surface area contributed by atoms with Crippen molar-refractivity contribution in [3.8, 4) is 0 Å². The van der Waals surface area contributed by atoms with E-state index in [0.717, 1.165) is 19.4 Å². The summed E-state index contributed by atoms with van der Waals surface area (Å²) in [6.07, 6.45) is 2.00. The lowest BCUT2D eigenvalue weighted by Crippen LogP contribution is -2.53. The predicted molar refractivity (Wildman–Crippen MR) is 97.5 cm³/mol. The zero-order chi connectivity index (χ0) is 18.1. The first kappa shape index (κ1) is 17.2. The number of rotatable bonds is 5. The Hall–Kier alpha value is -2.18. The average Bonchev–Trinajstić information content (AvgIpc) is 3.01. The molecule has 1 amide bonds. The van der Waals surface area contributed by atoms with Gasteiger partial charge in [-0.2, -0.15) is 0 Å². The van der Waals surface area contributed by atoms with Gasteiger partial charge in [-0.15, -0.1) is 0 Å². The number of sulfone groups is 1. The van der Waals surface area contributed by atoms with E-state index < -0.39 is 9.84 Å². The number of carbonyl (C=O) groups excluding carboxylic acids is 1. The van der Waals surface area contributed by atoms with E-state index in [4.69, 9.17) is 4.74 Å². The topological polar surface area (TPSA) is 72.5 Å². The number of nitrogens with one attached hydrogen (secondary N) is 1. The van der Waals surface area contributed by atoms with E-state index in [1.165, 1.54) is 6.07 Å². The molecule has 1 heterocycles. The molecule has 6 heteroatoms. The van der Waals surface area contributed by atoms with Crippen molar-refractivity contribution in [1.29, 1.82) is 0 Å². The molecule has 1 aliphatic heterocycles. The standard InChI is InChI=1S/C20H21NO4S/c22-20(21-17-12-18-15(17)10-11-25-18)16-8-4-5-9-19(16)26(23,24)13-14-6-2-1-3-7-14/h1-9,15,17-18H,10-13H2,(H,21,22)/t15-,17-,18+/m1/s1. The van der Waals surface area contributed by atoms with Gasteiger partial charge in [0.15, 0.2) is 9.84 Å². The smallest absolute Gasteiger partial charge is 0.252 e. The van der Waals surface area contributed by atoms with Crippen LogP contribution in [-0.2, 0) is 20.3 Å². The quantitative estimate of drug-likeness (QED) is 0.877. The number of ether oxygens (including phenoxy) is 1. The normalized spacial score (nSPS) is 24.5. The van der Waals surface area contributed by atoms with Crippen LogP contribution in [0.2, 0.25) is 0 Å². The summed E-state index contributed by atoms with van der Waals surface area (Å²) in [6, 6.07) is 15.5. The molecule has 26 heavy (non-hydrogen) atoms. The number of carbonyl (C=O) groups is 1. The second-order valence-corrected chi connectivity index (χ2v) is 8.88. The Morgan fingerprint density at radius 3 is 2.58 bits per heavy atom. The molecule has 3 atom stereocenters. The van der Waals surface area contributed by atoms with E-state index in [1.807, 2.05) is 6.07 Å². The highest BCUT2D eigenvalue weighted by Gasteiger charge is 2.46. The fourth-order valence-electron chi connectivity index (χ4n) is 3.81. The minimum Gasteiger partial charge on any atom is -0.378 e. The maximum atomic E-state index is 12.9. The van der Waals surface area contributed by atoms with Crippen molar-refractivity contribution in [3.05, 3.63) is 65.7 Å². The molecule has 1 saturated carbocycles. The highest BCUT2D eigenvalue weighted by molar-refractivity contribution is 7.90. The van der Waals surface area contributed by atoms with Crippen LogP contribution < -0.4 is 5.32 Å². The fourth-order valence-corrected chi connectivity index (χ4v) is 5.37. The molecule has 0 unspecified atom stereocenters. The van der Waals surface area contributed by atoms with E-state index in [2.05, 4.69) is 5.32 Å². The fraction of sp³-hybridized carbons (Fsp3) is 0.350. The summed E-state index contributed by atoms with van der Waals surface area (Å²) in [5, 5.41) is 3.00. The largest absolute Gasteiger partial charge is 0.378 e. The Balaban J connectivity index is 1.55. The van der Waals surface area contributed by atoms with Crippen LogP contribution in [0.3, 0.4) is 0 Å². The zero-order valence-electron chi connectivity index (χ0n) is 14.3. The van der Waals surface area contributed by atoms with Gasteiger partial charge in [-0.05, 0) is 30.5 Å². The highest BCUT2D eigenvalue weighted by atomic mass is 32.2. The maximum absolute atomic E-state index is 12.9. The molecule has 2 fully saturated rings. The number of fused-ring (bicyclic) bond motifs is 1. The minimum absolute atomic E-state index is 0.0693. The summed E-state index contributed by atoms with van der Waals surface area (Å²) in [6.45, 7) is 0.740. The van der Waals surface area contributed by atoms with Gasteiger partial charge in [0.1, 0.15) is 0 Å². The second kappa shape index (κ2) is 6.85. The third kappa shape index (κ3) is 3.27. The molecule has 0 aromatic heterocycles. The van der Waals surface area contributed by atoms with Gasteiger partial charge in [-0.1, -0.05) is 42.5 Å². The number of hydrogen-bond donors (Lipinski definition) is 1. The SMILES string of the molecule is O=C(N[C@@H]1C[C@@H]2OCC[C@@H]21)c1ccccc1S(=O)(=O)Cc1ccccc1. The second-order valence-electron chi connectivity index (χ2n) is 6.92. The lowest BCUT2D eigenvalue weighted by Gasteiger charge is -2.39. The zero-order valence-corrected chi connectivity index (χ0v) is 15.1. The van der Waals surface area contributed by atoms with Crippen LogP contribution >= 0.6 is 0 Å². The van der Waals surface area contributed by atoms with Crippen molar-refractivity contribution >= 4 is 15.7 Å². The summed E-state index contributed by atoms with van der Waals surface area (Å²) in [5.74, 6) is -0.0975. The van der Waals surface area contributed by atoms with Crippen molar-refractivity contribution in [1.82, 2.24) is 5.32 Å². The van der Waals surface area contributed by atoms with Crippen molar-refractivity contribution in [2.24, 2.45) is 5.92 Å². The number of amides is 1. The van der Waals surface area contributed by atoms with Gasteiger partial charge in [-0.25, -0.2) is 8.42 Å². The lowest BCUT2D eigenvalue weighted by atomic mass is 9.76. The Morgan fingerprint density at radius 2 is 1.81 bits per heavy atom. The Kier molecular flexibility index (Phi) is 4.54. The number of hydrogen-bond acceptors (Lipinski definition) is 4. The van der Waals surface area contributed by atoms with Gasteiger partial charge in [0.05, 0.1) is 22.3 Å². The van der Waals surface area contributed by atoms with E-state index in [1.54, 1.807) is 42.5 Å². The average molecular weight is 371 g/mol. The van der Waals surface area contributed by atoms with E-state index >= 15 is 0 Å². The maximum Gasteiger partial charge on any atom is 0.252 e. The molecule has 1 saturated heterocycles. The van der Waals surface area contributed by atoms with Crippen LogP contribution in [0.1, 0.15) is 28.8 Å². The monoisotopic (exact) mass is 371 g/mol. The molecule has 0 radical (unpaired) electrons. The van der Waals surface area contributed by atoms with E-state index in [0.29, 0.717) is 11.5 Å². The minimum atomic E-state index is -3.62. The molecule has 4 rings (SSSR count).